The average molecular weight is 481 g/mol. The molecule has 0 unspecified atom stereocenters. The summed E-state index contributed by atoms with van der Waals surface area (Å²) in [4.78, 5) is 25.8. The second kappa shape index (κ2) is 7.04. The van der Waals surface area contributed by atoms with Crippen molar-refractivity contribution in [3.8, 4) is 0 Å². The Balaban J connectivity index is 1.49. The molecule has 4 bridgehead atoms. The summed E-state index contributed by atoms with van der Waals surface area (Å²) in [6.07, 6.45) is 9.73. The first-order valence-corrected chi connectivity index (χ1v) is 13.0. The van der Waals surface area contributed by atoms with Gasteiger partial charge in [-0.15, -0.1) is 0 Å². The number of hydrogen-bond acceptors (Lipinski definition) is 4. The van der Waals surface area contributed by atoms with E-state index in [0.717, 1.165) is 38.5 Å². The standard InChI is InChI=1S/C25H37BrO4/c1-14(5-10-20(27)29-4)17-8-9-18-19-7-6-15-13-16-11-12-23(15,2)25(19,30-16)22(28)21(26)24(17,18)3/h14-19,21H,5-13H2,1-4H3/t14-,15+,16+,17-,18+,19+,21+,23+,24-,25+/m0/s1. The molecule has 4 nitrogen and oxygen atoms in total. The van der Waals surface area contributed by atoms with E-state index in [1.807, 2.05) is 0 Å². The van der Waals surface area contributed by atoms with Gasteiger partial charge >= 0.3 is 5.97 Å². The molecule has 0 N–H and O–H groups in total. The summed E-state index contributed by atoms with van der Waals surface area (Å²) >= 11 is 3.98. The zero-order chi connectivity index (χ0) is 21.5. The Labute approximate surface area is 189 Å². The molecular weight excluding hydrogens is 444 g/mol. The predicted molar refractivity (Wildman–Crippen MR) is 118 cm³/mol. The highest BCUT2D eigenvalue weighted by Gasteiger charge is 2.77. The Kier molecular flexibility index (Phi) is 5.03. The lowest BCUT2D eigenvalue weighted by Crippen LogP contribution is -2.77. The first-order chi connectivity index (χ1) is 14.2. The van der Waals surface area contributed by atoms with Crippen molar-refractivity contribution >= 4 is 27.7 Å². The first-order valence-electron chi connectivity index (χ1n) is 12.1. The largest absolute Gasteiger partial charge is 0.469 e. The van der Waals surface area contributed by atoms with Crippen LogP contribution < -0.4 is 0 Å². The van der Waals surface area contributed by atoms with E-state index in [2.05, 4.69) is 36.7 Å². The van der Waals surface area contributed by atoms with Gasteiger partial charge in [-0.3, -0.25) is 9.59 Å². The lowest BCUT2D eigenvalue weighted by atomic mass is 9.40. The van der Waals surface area contributed by atoms with Gasteiger partial charge in [-0.1, -0.05) is 36.7 Å². The Morgan fingerprint density at radius 3 is 2.67 bits per heavy atom. The molecule has 1 spiro atoms. The van der Waals surface area contributed by atoms with E-state index in [0.29, 0.717) is 41.8 Å². The summed E-state index contributed by atoms with van der Waals surface area (Å²) in [5, 5.41) is 0. The fourth-order valence-corrected chi connectivity index (χ4v) is 10.2. The number of hydrogen-bond donors (Lipinski definition) is 0. The van der Waals surface area contributed by atoms with Gasteiger partial charge in [0.15, 0.2) is 5.78 Å². The fraction of sp³-hybridized carbons (Fsp3) is 0.920. The molecule has 6 fully saturated rings. The van der Waals surface area contributed by atoms with Crippen molar-refractivity contribution in [3.63, 3.8) is 0 Å². The molecule has 0 aromatic rings. The van der Waals surface area contributed by atoms with E-state index in [1.165, 1.54) is 20.0 Å². The zero-order valence-electron chi connectivity index (χ0n) is 18.9. The molecule has 168 valence electrons. The number of halogens is 1. The van der Waals surface area contributed by atoms with E-state index in [9.17, 15) is 9.59 Å². The Morgan fingerprint density at radius 1 is 1.20 bits per heavy atom. The van der Waals surface area contributed by atoms with Crippen LogP contribution in [0.4, 0.5) is 0 Å². The molecule has 10 atom stereocenters. The highest BCUT2D eigenvalue weighted by Crippen LogP contribution is 2.73. The minimum Gasteiger partial charge on any atom is -0.469 e. The van der Waals surface area contributed by atoms with Crippen LogP contribution in [-0.2, 0) is 19.1 Å². The molecule has 4 aliphatic carbocycles. The van der Waals surface area contributed by atoms with Crippen LogP contribution in [-0.4, -0.2) is 35.4 Å². The van der Waals surface area contributed by atoms with Crippen molar-refractivity contribution in [2.24, 2.45) is 40.4 Å². The van der Waals surface area contributed by atoms with Gasteiger partial charge in [-0.05, 0) is 86.4 Å². The van der Waals surface area contributed by atoms with Gasteiger partial charge in [0.1, 0.15) is 5.60 Å². The van der Waals surface area contributed by atoms with Crippen LogP contribution in [0.25, 0.3) is 0 Å². The minimum absolute atomic E-state index is 0.00366. The van der Waals surface area contributed by atoms with Crippen LogP contribution in [0.1, 0.15) is 78.6 Å². The van der Waals surface area contributed by atoms with Crippen LogP contribution in [0.15, 0.2) is 0 Å². The van der Waals surface area contributed by atoms with Crippen LogP contribution in [0, 0.1) is 40.4 Å². The number of esters is 1. The molecule has 0 radical (unpaired) electrons. The Bertz CT molecular complexity index is 753. The third-order valence-electron chi connectivity index (χ3n) is 10.7. The third kappa shape index (κ3) is 2.48. The lowest BCUT2D eigenvalue weighted by Gasteiger charge is -2.71. The lowest BCUT2D eigenvalue weighted by molar-refractivity contribution is -0.306. The molecule has 2 aliphatic heterocycles. The SMILES string of the molecule is COC(=O)CC[C@H](C)[C@@H]1CC[C@@H]2[C@H]3CC[C@@H]4C[C@H]5CC[C@@]4(C)[C@]3(O5)C(=O)[C@@H](Br)[C@]21C. The molecule has 0 aromatic heterocycles. The van der Waals surface area contributed by atoms with E-state index in [4.69, 9.17) is 9.47 Å². The predicted octanol–water partition coefficient (Wildman–Crippen LogP) is 5.31. The van der Waals surface area contributed by atoms with Crippen molar-refractivity contribution in [2.75, 3.05) is 7.11 Å². The summed E-state index contributed by atoms with van der Waals surface area (Å²) < 4.78 is 11.7. The smallest absolute Gasteiger partial charge is 0.305 e. The second-order valence-electron chi connectivity index (χ2n) is 11.5. The highest BCUT2D eigenvalue weighted by molar-refractivity contribution is 9.10. The van der Waals surface area contributed by atoms with Gasteiger partial charge in [-0.25, -0.2) is 0 Å². The number of methoxy groups -OCH3 is 1. The molecule has 2 heterocycles. The van der Waals surface area contributed by atoms with Crippen LogP contribution in [0.2, 0.25) is 0 Å². The van der Waals surface area contributed by atoms with Gasteiger partial charge in [0.2, 0.25) is 0 Å². The second-order valence-corrected chi connectivity index (χ2v) is 12.4. The van der Waals surface area contributed by atoms with Crippen molar-refractivity contribution < 1.29 is 19.1 Å². The molecule has 4 saturated carbocycles. The zero-order valence-corrected chi connectivity index (χ0v) is 20.5. The number of rotatable bonds is 4. The topological polar surface area (TPSA) is 52.6 Å². The molecule has 6 rings (SSSR count). The first kappa shape index (κ1) is 21.4. The van der Waals surface area contributed by atoms with Gasteiger partial charge < -0.3 is 9.47 Å². The quantitative estimate of drug-likeness (QED) is 0.404. The van der Waals surface area contributed by atoms with Crippen molar-refractivity contribution in [3.05, 3.63) is 0 Å². The number of Topliss-reactive ketones (excluding diaryl/α,β-unsaturated/α-hetero) is 1. The molecule has 0 amide bonds. The van der Waals surface area contributed by atoms with E-state index in [-0.39, 0.29) is 27.7 Å². The van der Waals surface area contributed by atoms with Crippen molar-refractivity contribution in [1.29, 1.82) is 0 Å². The summed E-state index contributed by atoms with van der Waals surface area (Å²) in [6, 6.07) is 0. The number of carbonyl (C=O) groups excluding carboxylic acids is 2. The molecule has 30 heavy (non-hydrogen) atoms. The maximum Gasteiger partial charge on any atom is 0.305 e. The Morgan fingerprint density at radius 2 is 1.93 bits per heavy atom. The number of ketones is 1. The molecule has 2 saturated heterocycles. The number of fused-ring (bicyclic) bond motifs is 3. The summed E-state index contributed by atoms with van der Waals surface area (Å²) in [6.45, 7) is 7.02. The molecule has 5 heteroatoms. The average Bonchev–Trinajstić information content (AvgIpc) is 3.08. The number of alkyl halides is 1. The van der Waals surface area contributed by atoms with Gasteiger partial charge in [0.25, 0.3) is 0 Å². The number of ether oxygens (including phenoxy) is 2. The van der Waals surface area contributed by atoms with Crippen LogP contribution >= 0.6 is 15.9 Å². The van der Waals surface area contributed by atoms with Crippen molar-refractivity contribution in [1.82, 2.24) is 0 Å². The maximum absolute atomic E-state index is 14.3. The maximum atomic E-state index is 14.3. The van der Waals surface area contributed by atoms with Crippen LogP contribution in [0.3, 0.4) is 0 Å². The highest BCUT2D eigenvalue weighted by atomic mass is 79.9. The van der Waals surface area contributed by atoms with Crippen LogP contribution in [0.5, 0.6) is 0 Å². The molecular formula is C25H37BrO4. The van der Waals surface area contributed by atoms with E-state index < -0.39 is 5.60 Å². The fourth-order valence-electron chi connectivity index (χ4n) is 9.18. The third-order valence-corrected chi connectivity index (χ3v) is 12.1. The van der Waals surface area contributed by atoms with Gasteiger partial charge in [0, 0.05) is 11.8 Å². The van der Waals surface area contributed by atoms with Crippen molar-refractivity contribution in [2.45, 2.75) is 95.1 Å². The van der Waals surface area contributed by atoms with E-state index >= 15 is 0 Å². The van der Waals surface area contributed by atoms with Gasteiger partial charge in [0.05, 0.1) is 18.0 Å². The normalized spacial score (nSPS) is 52.5. The minimum atomic E-state index is -0.570. The summed E-state index contributed by atoms with van der Waals surface area (Å²) in [5.41, 5.74) is -0.630. The summed E-state index contributed by atoms with van der Waals surface area (Å²) in [5.74, 6) is 2.57. The molecule has 6 aliphatic rings. The number of carbonyl (C=O) groups is 2. The molecule has 0 aromatic carbocycles. The summed E-state index contributed by atoms with van der Waals surface area (Å²) in [7, 11) is 1.46. The van der Waals surface area contributed by atoms with E-state index in [1.54, 1.807) is 0 Å². The Hall–Kier alpha value is -0.420. The van der Waals surface area contributed by atoms with Gasteiger partial charge in [-0.2, -0.15) is 0 Å². The monoisotopic (exact) mass is 480 g/mol.